The lowest BCUT2D eigenvalue weighted by Gasteiger charge is -2.23. The number of carbonyl (C=O) groups is 1. The van der Waals surface area contributed by atoms with E-state index in [9.17, 15) is 13.2 Å². The summed E-state index contributed by atoms with van der Waals surface area (Å²) >= 11 is 5.86. The van der Waals surface area contributed by atoms with Crippen LogP contribution in [0.2, 0.25) is 5.02 Å². The van der Waals surface area contributed by atoms with Crippen LogP contribution < -0.4 is 0 Å². The molecular formula is C13H16Cl2O4S. The molecule has 20 heavy (non-hydrogen) atoms. The van der Waals surface area contributed by atoms with Gasteiger partial charge in [0.2, 0.25) is 0 Å². The summed E-state index contributed by atoms with van der Waals surface area (Å²) in [7, 11) is 1.41. The molecule has 1 unspecified atom stereocenters. The van der Waals surface area contributed by atoms with Crippen molar-refractivity contribution in [1.29, 1.82) is 0 Å². The highest BCUT2D eigenvalue weighted by atomic mass is 35.7. The molecule has 7 heteroatoms. The molecule has 0 radical (unpaired) electrons. The number of halogens is 2. The molecule has 0 spiro atoms. The van der Waals surface area contributed by atoms with Crippen molar-refractivity contribution in [3.8, 4) is 0 Å². The molecule has 0 fully saturated rings. The number of ether oxygens (including phenoxy) is 1. The van der Waals surface area contributed by atoms with Crippen molar-refractivity contribution >= 4 is 37.3 Å². The average Bonchev–Trinajstić information content (AvgIpc) is 2.23. The lowest BCUT2D eigenvalue weighted by atomic mass is 10.0. The van der Waals surface area contributed by atoms with Crippen LogP contribution in [0.5, 0.6) is 0 Å². The molecule has 0 aliphatic carbocycles. The van der Waals surface area contributed by atoms with Gasteiger partial charge in [-0.3, -0.25) is 4.79 Å². The van der Waals surface area contributed by atoms with Crippen molar-refractivity contribution in [3.63, 3.8) is 0 Å². The van der Waals surface area contributed by atoms with Crippen LogP contribution in [0.4, 0.5) is 0 Å². The maximum absolute atomic E-state index is 12.0. The number of rotatable bonds is 3. The second-order valence-corrected chi connectivity index (χ2v) is 8.35. The lowest BCUT2D eigenvalue weighted by Crippen LogP contribution is -2.27. The maximum Gasteiger partial charge on any atom is 0.313 e. The molecule has 1 rings (SSSR count). The Labute approximate surface area is 128 Å². The van der Waals surface area contributed by atoms with Crippen LogP contribution in [0.15, 0.2) is 23.1 Å². The van der Waals surface area contributed by atoms with Gasteiger partial charge in [0.1, 0.15) is 5.60 Å². The second-order valence-electron chi connectivity index (χ2n) is 5.38. The molecule has 0 aromatic heterocycles. The van der Waals surface area contributed by atoms with E-state index in [2.05, 4.69) is 0 Å². The highest BCUT2D eigenvalue weighted by Gasteiger charge is 2.28. The van der Waals surface area contributed by atoms with Crippen molar-refractivity contribution in [2.24, 2.45) is 0 Å². The third-order valence-electron chi connectivity index (χ3n) is 2.46. The first-order valence-electron chi connectivity index (χ1n) is 5.89. The Hall–Kier alpha value is -0.780. The summed E-state index contributed by atoms with van der Waals surface area (Å²) in [4.78, 5) is 11.9. The number of hydrogen-bond acceptors (Lipinski definition) is 4. The molecule has 0 N–H and O–H groups in total. The van der Waals surface area contributed by atoms with E-state index in [1.165, 1.54) is 18.2 Å². The van der Waals surface area contributed by atoms with Gasteiger partial charge < -0.3 is 4.74 Å². The Morgan fingerprint density at radius 3 is 2.30 bits per heavy atom. The number of carbonyl (C=O) groups excluding carboxylic acids is 1. The van der Waals surface area contributed by atoms with E-state index < -0.39 is 26.5 Å². The lowest BCUT2D eigenvalue weighted by molar-refractivity contribution is -0.156. The van der Waals surface area contributed by atoms with E-state index in [1.54, 1.807) is 27.7 Å². The first-order chi connectivity index (χ1) is 8.92. The molecule has 1 aromatic rings. The van der Waals surface area contributed by atoms with Crippen LogP contribution >= 0.6 is 22.3 Å². The fourth-order valence-electron chi connectivity index (χ4n) is 1.60. The molecule has 1 atom stereocenters. The second kappa shape index (κ2) is 5.92. The van der Waals surface area contributed by atoms with Crippen LogP contribution in [0.1, 0.15) is 39.2 Å². The predicted octanol–water partition coefficient (Wildman–Crippen LogP) is 3.71. The summed E-state index contributed by atoms with van der Waals surface area (Å²) in [6.45, 7) is 6.74. The van der Waals surface area contributed by atoms with Gasteiger partial charge in [-0.05, 0) is 51.5 Å². The zero-order chi connectivity index (χ0) is 15.7. The summed E-state index contributed by atoms with van der Waals surface area (Å²) in [6, 6.07) is 4.09. The minimum atomic E-state index is -3.97. The maximum atomic E-state index is 12.0. The van der Waals surface area contributed by atoms with Gasteiger partial charge in [0.05, 0.1) is 10.8 Å². The molecular weight excluding hydrogens is 323 g/mol. The summed E-state index contributed by atoms with van der Waals surface area (Å²) in [5.41, 5.74) is -0.439. The van der Waals surface area contributed by atoms with Crippen LogP contribution in [-0.4, -0.2) is 20.0 Å². The average molecular weight is 339 g/mol. The molecule has 0 aliphatic heterocycles. The van der Waals surface area contributed by atoms with Gasteiger partial charge in [-0.1, -0.05) is 11.6 Å². The predicted molar refractivity (Wildman–Crippen MR) is 78.8 cm³/mol. The molecule has 112 valence electrons. The smallest absolute Gasteiger partial charge is 0.313 e. The largest absolute Gasteiger partial charge is 0.460 e. The Morgan fingerprint density at radius 1 is 1.30 bits per heavy atom. The molecule has 0 bridgehead atoms. The third kappa shape index (κ3) is 4.65. The van der Waals surface area contributed by atoms with Gasteiger partial charge in [-0.15, -0.1) is 0 Å². The van der Waals surface area contributed by atoms with Gasteiger partial charge in [0.15, 0.2) is 0 Å². The number of esters is 1. The number of benzene rings is 1. The standard InChI is InChI=1S/C13H16Cl2O4S/c1-8(12(16)19-13(2,3)4)10-7-9(14)5-6-11(10)20(15,17)18/h5-8H,1-4H3. The van der Waals surface area contributed by atoms with Gasteiger partial charge in [-0.2, -0.15) is 0 Å². The van der Waals surface area contributed by atoms with Gasteiger partial charge >= 0.3 is 5.97 Å². The van der Waals surface area contributed by atoms with Crippen molar-refractivity contribution < 1.29 is 17.9 Å². The first-order valence-corrected chi connectivity index (χ1v) is 8.57. The van der Waals surface area contributed by atoms with Crippen molar-refractivity contribution in [1.82, 2.24) is 0 Å². The normalized spacial score (nSPS) is 13.9. The van der Waals surface area contributed by atoms with Gasteiger partial charge in [0.25, 0.3) is 9.05 Å². The van der Waals surface area contributed by atoms with E-state index in [4.69, 9.17) is 27.0 Å². The van der Waals surface area contributed by atoms with E-state index in [1.807, 2.05) is 0 Å². The molecule has 0 saturated heterocycles. The monoisotopic (exact) mass is 338 g/mol. The summed E-state index contributed by atoms with van der Waals surface area (Å²) < 4.78 is 28.3. The highest BCUT2D eigenvalue weighted by Crippen LogP contribution is 2.31. The Bertz CT molecular complexity index is 618. The minimum Gasteiger partial charge on any atom is -0.460 e. The Morgan fingerprint density at radius 2 is 1.85 bits per heavy atom. The van der Waals surface area contributed by atoms with Crippen LogP contribution in [0, 0.1) is 0 Å². The zero-order valence-corrected chi connectivity index (χ0v) is 13.9. The summed E-state index contributed by atoms with van der Waals surface area (Å²) in [5.74, 6) is -1.34. The topological polar surface area (TPSA) is 60.4 Å². The Kier molecular flexibility index (Phi) is 5.11. The molecule has 0 saturated carbocycles. The van der Waals surface area contributed by atoms with E-state index in [0.717, 1.165) is 0 Å². The van der Waals surface area contributed by atoms with Crippen molar-refractivity contribution in [3.05, 3.63) is 28.8 Å². The first kappa shape index (κ1) is 17.3. The molecule has 0 heterocycles. The quantitative estimate of drug-likeness (QED) is 0.622. The van der Waals surface area contributed by atoms with Crippen LogP contribution in [0.25, 0.3) is 0 Å². The highest BCUT2D eigenvalue weighted by molar-refractivity contribution is 8.13. The van der Waals surface area contributed by atoms with Crippen molar-refractivity contribution in [2.45, 2.75) is 44.1 Å². The summed E-state index contributed by atoms with van der Waals surface area (Å²) in [6.07, 6.45) is 0. The number of hydrogen-bond donors (Lipinski definition) is 0. The van der Waals surface area contributed by atoms with Crippen molar-refractivity contribution in [2.75, 3.05) is 0 Å². The van der Waals surface area contributed by atoms with E-state index in [0.29, 0.717) is 5.02 Å². The Balaban J connectivity index is 3.25. The SMILES string of the molecule is CC(C(=O)OC(C)(C)C)c1cc(Cl)ccc1S(=O)(=O)Cl. The molecule has 4 nitrogen and oxygen atoms in total. The summed E-state index contributed by atoms with van der Waals surface area (Å²) in [5, 5.41) is 0.319. The molecule has 0 amide bonds. The zero-order valence-electron chi connectivity index (χ0n) is 11.6. The molecule has 1 aromatic carbocycles. The van der Waals surface area contributed by atoms with Crippen LogP contribution in [0.3, 0.4) is 0 Å². The van der Waals surface area contributed by atoms with Crippen LogP contribution in [-0.2, 0) is 18.6 Å². The van der Waals surface area contributed by atoms with Gasteiger partial charge in [-0.25, -0.2) is 8.42 Å². The fourth-order valence-corrected chi connectivity index (χ4v) is 2.95. The minimum absolute atomic E-state index is 0.137. The van der Waals surface area contributed by atoms with E-state index in [-0.39, 0.29) is 10.5 Å². The van der Waals surface area contributed by atoms with Gasteiger partial charge in [0, 0.05) is 15.7 Å². The van der Waals surface area contributed by atoms with E-state index >= 15 is 0 Å². The third-order valence-corrected chi connectivity index (χ3v) is 4.09. The molecule has 0 aliphatic rings. The fraction of sp³-hybridized carbons (Fsp3) is 0.462.